The maximum atomic E-state index is 16.7. The van der Waals surface area contributed by atoms with Crippen LogP contribution in [0.1, 0.15) is 6.42 Å². The summed E-state index contributed by atoms with van der Waals surface area (Å²) in [5.74, 6) is 0.836. The maximum absolute atomic E-state index is 16.7. The summed E-state index contributed by atoms with van der Waals surface area (Å²) in [6.07, 6.45) is 3.24. The predicted molar refractivity (Wildman–Crippen MR) is 151 cm³/mol. The average molecular weight is 532 g/mol. The zero-order valence-corrected chi connectivity index (χ0v) is 22.2. The zero-order chi connectivity index (χ0) is 26.1. The molecule has 2 fully saturated rings. The number of aromatic hydroxyl groups is 1. The van der Waals surface area contributed by atoms with E-state index in [4.69, 9.17) is 21.6 Å². The van der Waals surface area contributed by atoms with E-state index in [2.05, 4.69) is 39.6 Å². The molecule has 3 aliphatic heterocycles. The summed E-state index contributed by atoms with van der Waals surface area (Å²) in [6, 6.07) is 13.4. The summed E-state index contributed by atoms with van der Waals surface area (Å²) < 4.78 is 19.0. The quantitative estimate of drug-likeness (QED) is 0.395. The van der Waals surface area contributed by atoms with Gasteiger partial charge in [0.25, 0.3) is 0 Å². The minimum Gasteiger partial charge on any atom is -0.508 e. The molecule has 4 heterocycles. The minimum absolute atomic E-state index is 0.0586. The van der Waals surface area contributed by atoms with Gasteiger partial charge in [-0.05, 0) is 48.6 Å². The maximum Gasteiger partial charge on any atom is 0.228 e. The molecule has 1 N–H and O–H groups in total. The van der Waals surface area contributed by atoms with Crippen LogP contribution >= 0.6 is 11.6 Å². The Morgan fingerprint density at radius 3 is 2.74 bits per heavy atom. The first-order valence-electron chi connectivity index (χ1n) is 13.0. The molecule has 0 amide bonds. The molecule has 3 aliphatic rings. The standard InChI is InChI=1S/C29H28ClFN6O/c1-34(2)19-15-36(16-19)29-32-27-23(28(33-29)37-10-9-35-8-7-18(37)14-35)13-24(30)25(26(27)31)22-12-20(38)11-17-5-3-4-6-21(17)22/h3-6,9,11-13,18-19H,7-8,10,14-16H2,1-2H3/p+1/t18-/m1/s1. The van der Waals surface area contributed by atoms with Crippen LogP contribution in [-0.2, 0) is 0 Å². The van der Waals surface area contributed by atoms with Crippen molar-refractivity contribution in [3.63, 3.8) is 0 Å². The van der Waals surface area contributed by atoms with Crippen molar-refractivity contribution in [1.82, 2.24) is 14.9 Å². The second kappa shape index (κ2) is 8.78. The van der Waals surface area contributed by atoms with Gasteiger partial charge >= 0.3 is 0 Å². The lowest BCUT2D eigenvalue weighted by atomic mass is 9.96. The summed E-state index contributed by atoms with van der Waals surface area (Å²) in [5, 5.41) is 13.0. The van der Waals surface area contributed by atoms with Crippen LogP contribution in [0.25, 0.3) is 32.8 Å². The predicted octanol–water partition coefficient (Wildman–Crippen LogP) is 4.37. The monoisotopic (exact) mass is 531 g/mol. The minimum atomic E-state index is -0.494. The van der Waals surface area contributed by atoms with Crippen molar-refractivity contribution in [2.45, 2.75) is 18.5 Å². The molecule has 194 valence electrons. The Morgan fingerprint density at radius 2 is 1.92 bits per heavy atom. The normalized spacial score (nSPS) is 19.5. The lowest BCUT2D eigenvalue weighted by Crippen LogP contribution is -2.58. The number of fused-ring (bicyclic) bond motifs is 4. The lowest BCUT2D eigenvalue weighted by molar-refractivity contribution is -0.504. The number of hydrogen-bond acceptors (Lipinski definition) is 6. The van der Waals surface area contributed by atoms with Gasteiger partial charge in [0.2, 0.25) is 5.95 Å². The van der Waals surface area contributed by atoms with Crippen LogP contribution in [-0.4, -0.2) is 89.7 Å². The van der Waals surface area contributed by atoms with Crippen molar-refractivity contribution in [3.8, 4) is 16.9 Å². The van der Waals surface area contributed by atoms with Crippen LogP contribution in [0.15, 0.2) is 42.5 Å². The van der Waals surface area contributed by atoms with Crippen LogP contribution in [0.4, 0.5) is 16.2 Å². The van der Waals surface area contributed by atoms with E-state index in [1.165, 1.54) is 0 Å². The molecule has 1 aromatic heterocycles. The SMILES string of the molecule is CN(C)C1CN(c2nc(N3CC=[N+]4CC[C@@H]3C4)c3cc(Cl)c(-c4cc(O)cc5ccccc45)c(F)c3n2)C1. The van der Waals surface area contributed by atoms with Crippen molar-refractivity contribution in [1.29, 1.82) is 0 Å². The van der Waals surface area contributed by atoms with Crippen molar-refractivity contribution in [2.24, 2.45) is 0 Å². The molecule has 0 aliphatic carbocycles. The molecule has 4 aromatic rings. The molecule has 0 radical (unpaired) electrons. The third-order valence-electron chi connectivity index (χ3n) is 8.29. The molecule has 1 atom stereocenters. The van der Waals surface area contributed by atoms with E-state index in [1.54, 1.807) is 18.2 Å². The highest BCUT2D eigenvalue weighted by Crippen LogP contribution is 2.43. The largest absolute Gasteiger partial charge is 0.508 e. The number of aromatic nitrogens is 2. The second-order valence-corrected chi connectivity index (χ2v) is 11.2. The molecule has 0 saturated carbocycles. The number of phenols is 1. The first kappa shape index (κ1) is 23.6. The Morgan fingerprint density at radius 1 is 1.11 bits per heavy atom. The Balaban J connectivity index is 1.45. The fourth-order valence-electron chi connectivity index (χ4n) is 6.02. The summed E-state index contributed by atoms with van der Waals surface area (Å²) in [4.78, 5) is 16.4. The van der Waals surface area contributed by atoms with Gasteiger partial charge in [-0.15, -0.1) is 0 Å². The van der Waals surface area contributed by atoms with Gasteiger partial charge in [-0.3, -0.25) is 0 Å². The molecular weight excluding hydrogens is 503 g/mol. The van der Waals surface area contributed by atoms with Crippen LogP contribution in [0.3, 0.4) is 0 Å². The number of halogens is 2. The fraction of sp³-hybridized carbons (Fsp3) is 0.345. The van der Waals surface area contributed by atoms with E-state index in [-0.39, 0.29) is 21.9 Å². The van der Waals surface area contributed by atoms with Gasteiger partial charge in [0, 0.05) is 36.5 Å². The zero-order valence-electron chi connectivity index (χ0n) is 21.4. The van der Waals surface area contributed by atoms with Gasteiger partial charge in [-0.25, -0.2) is 13.9 Å². The second-order valence-electron chi connectivity index (χ2n) is 10.8. The van der Waals surface area contributed by atoms with E-state index in [9.17, 15) is 5.11 Å². The van der Waals surface area contributed by atoms with E-state index >= 15 is 4.39 Å². The molecule has 7 nitrogen and oxygen atoms in total. The van der Waals surface area contributed by atoms with E-state index in [1.807, 2.05) is 24.3 Å². The van der Waals surface area contributed by atoms with Crippen LogP contribution in [0.2, 0.25) is 5.02 Å². The third-order valence-corrected chi connectivity index (χ3v) is 8.58. The summed E-state index contributed by atoms with van der Waals surface area (Å²) in [5.41, 5.74) is 1.04. The average Bonchev–Trinajstić information content (AvgIpc) is 3.23. The van der Waals surface area contributed by atoms with Gasteiger partial charge in [0.05, 0.1) is 17.6 Å². The highest BCUT2D eigenvalue weighted by molar-refractivity contribution is 6.35. The van der Waals surface area contributed by atoms with Gasteiger partial charge < -0.3 is 19.8 Å². The molecule has 0 spiro atoms. The third kappa shape index (κ3) is 3.69. The molecule has 2 saturated heterocycles. The highest BCUT2D eigenvalue weighted by Gasteiger charge is 2.38. The van der Waals surface area contributed by atoms with Gasteiger partial charge in [0.15, 0.2) is 18.6 Å². The Kier molecular flexibility index (Phi) is 5.46. The summed E-state index contributed by atoms with van der Waals surface area (Å²) in [7, 11) is 4.13. The van der Waals surface area contributed by atoms with Crippen LogP contribution in [0, 0.1) is 5.82 Å². The fourth-order valence-corrected chi connectivity index (χ4v) is 6.32. The molecule has 9 heteroatoms. The van der Waals surface area contributed by atoms with E-state index in [0.717, 1.165) is 49.2 Å². The Bertz CT molecular complexity index is 1630. The van der Waals surface area contributed by atoms with Gasteiger partial charge in [0.1, 0.15) is 23.6 Å². The summed E-state index contributed by atoms with van der Waals surface area (Å²) >= 11 is 6.85. The number of anilines is 2. The van der Waals surface area contributed by atoms with Crippen molar-refractivity contribution >= 4 is 51.3 Å². The number of nitrogens with zero attached hydrogens (tertiary/aromatic N) is 6. The molecule has 38 heavy (non-hydrogen) atoms. The van der Waals surface area contributed by atoms with E-state index < -0.39 is 5.82 Å². The Labute approximate surface area is 225 Å². The first-order valence-corrected chi connectivity index (χ1v) is 13.4. The van der Waals surface area contributed by atoms with Crippen LogP contribution < -0.4 is 9.80 Å². The molecule has 3 aromatic carbocycles. The molecule has 7 rings (SSSR count). The lowest BCUT2D eigenvalue weighted by Gasteiger charge is -2.43. The Hall–Kier alpha value is -3.49. The topological polar surface area (TPSA) is 58.7 Å². The van der Waals surface area contributed by atoms with Gasteiger partial charge in [-0.1, -0.05) is 35.9 Å². The van der Waals surface area contributed by atoms with Crippen molar-refractivity contribution in [2.75, 3.05) is 56.6 Å². The molecular formula is C29H29ClFN6O+. The smallest absolute Gasteiger partial charge is 0.228 e. The number of likely N-dealkylation sites (N-methyl/N-ethyl adjacent to an activating group) is 1. The number of hydrogen-bond donors (Lipinski definition) is 1. The number of benzene rings is 3. The highest BCUT2D eigenvalue weighted by atomic mass is 35.5. The molecule has 2 bridgehead atoms. The summed E-state index contributed by atoms with van der Waals surface area (Å²) in [6.45, 7) is 4.27. The number of phenolic OH excluding ortho intramolecular Hbond substituents is 1. The van der Waals surface area contributed by atoms with Gasteiger partial charge in [-0.2, -0.15) is 4.98 Å². The number of rotatable bonds is 4. The first-order chi connectivity index (χ1) is 18.4. The van der Waals surface area contributed by atoms with Crippen molar-refractivity contribution in [3.05, 3.63) is 53.3 Å². The molecule has 0 unspecified atom stereocenters. The van der Waals surface area contributed by atoms with Crippen LogP contribution in [0.5, 0.6) is 5.75 Å². The van der Waals surface area contributed by atoms with Crippen molar-refractivity contribution < 1.29 is 14.1 Å². The van der Waals surface area contributed by atoms with E-state index in [0.29, 0.717) is 35.5 Å².